The van der Waals surface area contributed by atoms with Crippen LogP contribution in [0.5, 0.6) is 0 Å². The van der Waals surface area contributed by atoms with Crippen molar-refractivity contribution in [3.63, 3.8) is 0 Å². The lowest BCUT2D eigenvalue weighted by Gasteiger charge is -2.19. The quantitative estimate of drug-likeness (QED) is 0.453. The zero-order valence-corrected chi connectivity index (χ0v) is 10.1. The summed E-state index contributed by atoms with van der Waals surface area (Å²) >= 11 is 5.60. The van der Waals surface area contributed by atoms with Crippen LogP contribution in [-0.4, -0.2) is 42.1 Å². The summed E-state index contributed by atoms with van der Waals surface area (Å²) in [5, 5.41) is 8.71. The van der Waals surface area contributed by atoms with E-state index in [1.165, 1.54) is 25.8 Å². The highest BCUT2D eigenvalue weighted by Crippen LogP contribution is 2.03. The molecule has 2 nitrogen and oxygen atoms in total. The zero-order chi connectivity index (χ0) is 10.6. The van der Waals surface area contributed by atoms with E-state index < -0.39 is 0 Å². The fraction of sp³-hybridized carbons (Fsp3) is 1.00. The molecule has 0 fully saturated rings. The van der Waals surface area contributed by atoms with Crippen LogP contribution >= 0.6 is 11.6 Å². The van der Waals surface area contributed by atoms with E-state index in [1.54, 1.807) is 0 Å². The van der Waals surface area contributed by atoms with E-state index in [1.807, 2.05) is 0 Å². The van der Waals surface area contributed by atoms with Crippen LogP contribution in [0, 0.1) is 0 Å². The van der Waals surface area contributed by atoms with Gasteiger partial charge in [-0.05, 0) is 32.4 Å². The molecule has 0 aromatic rings. The second kappa shape index (κ2) is 11.3. The number of hydrogen-bond donors (Lipinski definition) is 1. The number of aliphatic hydroxyl groups excluding tert-OH is 1. The number of unbranched alkanes of at least 4 members (excludes halogenated alkanes) is 3. The third-order valence-corrected chi connectivity index (χ3v) is 2.70. The Morgan fingerprint density at radius 2 is 1.64 bits per heavy atom. The lowest BCUT2D eigenvalue weighted by Crippen LogP contribution is -2.26. The highest BCUT2D eigenvalue weighted by atomic mass is 35.5. The first-order chi connectivity index (χ1) is 6.85. The van der Waals surface area contributed by atoms with Crippen LogP contribution in [0.2, 0.25) is 0 Å². The van der Waals surface area contributed by atoms with Crippen molar-refractivity contribution >= 4 is 11.6 Å². The van der Waals surface area contributed by atoms with E-state index in [0.717, 1.165) is 31.8 Å². The van der Waals surface area contributed by atoms with Crippen molar-refractivity contribution in [1.82, 2.24) is 4.90 Å². The fourth-order valence-electron chi connectivity index (χ4n) is 1.51. The van der Waals surface area contributed by atoms with Gasteiger partial charge in [0.15, 0.2) is 0 Å². The molecule has 0 amide bonds. The third-order valence-electron chi connectivity index (χ3n) is 2.44. The van der Waals surface area contributed by atoms with Crippen molar-refractivity contribution in [1.29, 1.82) is 0 Å². The minimum absolute atomic E-state index is 0.308. The normalized spacial score (nSPS) is 11.1. The Kier molecular flexibility index (Phi) is 11.5. The van der Waals surface area contributed by atoms with E-state index in [0.29, 0.717) is 6.61 Å². The van der Waals surface area contributed by atoms with Crippen LogP contribution in [0.4, 0.5) is 0 Å². The summed E-state index contributed by atoms with van der Waals surface area (Å²) in [6.07, 6.45) is 5.83. The van der Waals surface area contributed by atoms with Gasteiger partial charge in [-0.2, -0.15) is 0 Å². The van der Waals surface area contributed by atoms with E-state index in [9.17, 15) is 0 Å². The molecule has 0 saturated carbocycles. The van der Waals surface area contributed by atoms with Crippen molar-refractivity contribution in [2.24, 2.45) is 0 Å². The summed E-state index contributed by atoms with van der Waals surface area (Å²) in [5.74, 6) is 0.794. The van der Waals surface area contributed by atoms with Gasteiger partial charge < -0.3 is 10.0 Å². The van der Waals surface area contributed by atoms with Crippen LogP contribution in [0.1, 0.15) is 39.0 Å². The lowest BCUT2D eigenvalue weighted by molar-refractivity contribution is 0.227. The van der Waals surface area contributed by atoms with Crippen LogP contribution in [-0.2, 0) is 0 Å². The van der Waals surface area contributed by atoms with Crippen molar-refractivity contribution in [2.45, 2.75) is 39.0 Å². The molecule has 0 unspecified atom stereocenters. The van der Waals surface area contributed by atoms with Crippen LogP contribution in [0.3, 0.4) is 0 Å². The predicted molar refractivity (Wildman–Crippen MR) is 63.0 cm³/mol. The number of rotatable bonds is 10. The minimum atomic E-state index is 0.308. The number of halogens is 1. The topological polar surface area (TPSA) is 23.5 Å². The van der Waals surface area contributed by atoms with Crippen molar-refractivity contribution in [2.75, 3.05) is 32.1 Å². The van der Waals surface area contributed by atoms with E-state index in [2.05, 4.69) is 11.8 Å². The molecule has 14 heavy (non-hydrogen) atoms. The Bertz CT molecular complexity index is 111. The average Bonchev–Trinajstić information content (AvgIpc) is 2.22. The molecule has 0 aliphatic carbocycles. The van der Waals surface area contributed by atoms with Gasteiger partial charge in [0.1, 0.15) is 0 Å². The van der Waals surface area contributed by atoms with Crippen molar-refractivity contribution in [3.05, 3.63) is 0 Å². The Morgan fingerprint density at radius 1 is 1.00 bits per heavy atom. The van der Waals surface area contributed by atoms with Gasteiger partial charge in [0.25, 0.3) is 0 Å². The Balaban J connectivity index is 3.24. The molecule has 86 valence electrons. The second-order valence-corrected chi connectivity index (χ2v) is 3.99. The summed E-state index contributed by atoms with van der Waals surface area (Å²) in [5.41, 5.74) is 0. The summed E-state index contributed by atoms with van der Waals surface area (Å²) in [4.78, 5) is 2.40. The fourth-order valence-corrected chi connectivity index (χ4v) is 1.69. The van der Waals surface area contributed by atoms with Gasteiger partial charge in [-0.1, -0.05) is 19.8 Å². The first-order valence-electron chi connectivity index (χ1n) is 5.74. The van der Waals surface area contributed by atoms with Crippen LogP contribution in [0.15, 0.2) is 0 Å². The standard InChI is InChI=1S/C11H24ClNO/c1-2-13(10-7-11-14)9-6-4-3-5-8-12/h14H,2-11H2,1H3. The Labute approximate surface area is 93.2 Å². The number of nitrogens with zero attached hydrogens (tertiary/aromatic N) is 1. The molecule has 0 rings (SSSR count). The maximum absolute atomic E-state index is 8.71. The molecular weight excluding hydrogens is 198 g/mol. The largest absolute Gasteiger partial charge is 0.396 e. The van der Waals surface area contributed by atoms with Gasteiger partial charge in [-0.25, -0.2) is 0 Å². The predicted octanol–water partition coefficient (Wildman–Crippen LogP) is 2.49. The molecule has 0 saturated heterocycles. The Morgan fingerprint density at radius 3 is 2.21 bits per heavy atom. The van der Waals surface area contributed by atoms with Gasteiger partial charge in [-0.3, -0.25) is 0 Å². The first kappa shape index (κ1) is 14.2. The maximum atomic E-state index is 8.71. The number of hydrogen-bond acceptors (Lipinski definition) is 2. The molecule has 1 N–H and O–H groups in total. The minimum Gasteiger partial charge on any atom is -0.396 e. The average molecular weight is 222 g/mol. The summed E-state index contributed by atoms with van der Waals surface area (Å²) in [7, 11) is 0. The molecular formula is C11H24ClNO. The summed E-state index contributed by atoms with van der Waals surface area (Å²) in [6, 6.07) is 0. The van der Waals surface area contributed by atoms with Gasteiger partial charge in [-0.15, -0.1) is 11.6 Å². The first-order valence-corrected chi connectivity index (χ1v) is 6.27. The second-order valence-electron chi connectivity index (χ2n) is 3.61. The number of alkyl halides is 1. The summed E-state index contributed by atoms with van der Waals surface area (Å²) < 4.78 is 0. The molecule has 0 radical (unpaired) electrons. The van der Waals surface area contributed by atoms with Crippen LogP contribution < -0.4 is 0 Å². The molecule has 0 spiro atoms. The molecule has 0 aliphatic heterocycles. The van der Waals surface area contributed by atoms with Gasteiger partial charge >= 0.3 is 0 Å². The monoisotopic (exact) mass is 221 g/mol. The molecule has 0 aromatic heterocycles. The van der Waals surface area contributed by atoms with Crippen LogP contribution in [0.25, 0.3) is 0 Å². The molecule has 0 heterocycles. The molecule has 3 heteroatoms. The smallest absolute Gasteiger partial charge is 0.0443 e. The maximum Gasteiger partial charge on any atom is 0.0443 e. The van der Waals surface area contributed by atoms with E-state index in [-0.39, 0.29) is 0 Å². The molecule has 0 bridgehead atoms. The molecule has 0 aromatic carbocycles. The van der Waals surface area contributed by atoms with Gasteiger partial charge in [0.05, 0.1) is 0 Å². The van der Waals surface area contributed by atoms with Gasteiger partial charge in [0.2, 0.25) is 0 Å². The van der Waals surface area contributed by atoms with E-state index in [4.69, 9.17) is 16.7 Å². The molecule has 0 atom stereocenters. The van der Waals surface area contributed by atoms with Crippen molar-refractivity contribution < 1.29 is 5.11 Å². The Hall–Kier alpha value is 0.210. The third kappa shape index (κ3) is 8.79. The van der Waals surface area contributed by atoms with Gasteiger partial charge in [0, 0.05) is 19.0 Å². The highest BCUT2D eigenvalue weighted by Gasteiger charge is 2.00. The molecule has 0 aliphatic rings. The number of aliphatic hydroxyl groups is 1. The lowest BCUT2D eigenvalue weighted by atomic mass is 10.2. The SMILES string of the molecule is CCN(CCCO)CCCCCCCl. The zero-order valence-electron chi connectivity index (χ0n) is 9.34. The van der Waals surface area contributed by atoms with E-state index >= 15 is 0 Å². The highest BCUT2D eigenvalue weighted by molar-refractivity contribution is 6.17. The summed E-state index contributed by atoms with van der Waals surface area (Å²) in [6.45, 7) is 5.77. The van der Waals surface area contributed by atoms with Crippen molar-refractivity contribution in [3.8, 4) is 0 Å².